The van der Waals surface area contributed by atoms with Crippen LogP contribution in [0.1, 0.15) is 52.1 Å². The van der Waals surface area contributed by atoms with Crippen LogP contribution >= 0.6 is 0 Å². The molecule has 2 heteroatoms. The molecular weight excluding hydrogens is 222 g/mol. The third-order valence-corrected chi connectivity index (χ3v) is 5.57. The molecule has 100 valence electrons. The highest BCUT2D eigenvalue weighted by molar-refractivity contribution is 5.26. The Morgan fingerprint density at radius 2 is 2.28 bits per heavy atom. The number of epoxide rings is 1. The fraction of sp³-hybridized carbons (Fsp3) is 0.750. The fourth-order valence-corrected chi connectivity index (χ4v) is 3.70. The first-order valence-corrected chi connectivity index (χ1v) is 7.29. The standard InChI is InChI=1S/C16H25NO/c1-5-15(2,3)12-8-9-16(14(11-12)18-16)13-7-6-10-17(13)4/h6-7,10,12,14H,5,8-9,11H2,1-4H3/t12-,14+,16-/m1/s1. The molecule has 2 heterocycles. The summed E-state index contributed by atoms with van der Waals surface area (Å²) in [6.07, 6.45) is 7.61. The van der Waals surface area contributed by atoms with Crippen LogP contribution in [0.2, 0.25) is 0 Å². The van der Waals surface area contributed by atoms with Gasteiger partial charge in [-0.05, 0) is 42.7 Å². The second-order valence-electron chi connectivity index (χ2n) is 6.81. The summed E-state index contributed by atoms with van der Waals surface area (Å²) >= 11 is 0. The molecule has 0 spiro atoms. The Bertz CT molecular complexity index is 448. The first kappa shape index (κ1) is 12.3. The number of aromatic nitrogens is 1. The Labute approximate surface area is 110 Å². The van der Waals surface area contributed by atoms with Crippen molar-refractivity contribution < 1.29 is 4.74 Å². The topological polar surface area (TPSA) is 17.5 Å². The van der Waals surface area contributed by atoms with E-state index in [1.807, 2.05) is 0 Å². The van der Waals surface area contributed by atoms with Gasteiger partial charge in [-0.1, -0.05) is 27.2 Å². The third kappa shape index (κ3) is 1.65. The molecule has 0 N–H and O–H groups in total. The maximum atomic E-state index is 6.14. The average molecular weight is 247 g/mol. The van der Waals surface area contributed by atoms with Gasteiger partial charge in [0.05, 0.1) is 11.8 Å². The average Bonchev–Trinajstić information content (AvgIpc) is 2.94. The molecule has 3 atom stereocenters. The van der Waals surface area contributed by atoms with E-state index in [2.05, 4.69) is 50.7 Å². The number of hydrogen-bond acceptors (Lipinski definition) is 1. The molecule has 1 aromatic heterocycles. The largest absolute Gasteiger partial charge is 0.359 e. The molecule has 1 saturated heterocycles. The highest BCUT2D eigenvalue weighted by Gasteiger charge is 2.62. The minimum Gasteiger partial charge on any atom is -0.359 e. The Morgan fingerprint density at radius 1 is 1.50 bits per heavy atom. The lowest BCUT2D eigenvalue weighted by Crippen LogP contribution is -2.32. The van der Waals surface area contributed by atoms with Gasteiger partial charge in [-0.15, -0.1) is 0 Å². The zero-order valence-electron chi connectivity index (χ0n) is 12.1. The van der Waals surface area contributed by atoms with E-state index in [9.17, 15) is 0 Å². The molecule has 0 radical (unpaired) electrons. The summed E-state index contributed by atoms with van der Waals surface area (Å²) < 4.78 is 8.37. The van der Waals surface area contributed by atoms with Crippen LogP contribution in [0.25, 0.3) is 0 Å². The van der Waals surface area contributed by atoms with Gasteiger partial charge in [0.15, 0.2) is 0 Å². The van der Waals surface area contributed by atoms with E-state index in [1.165, 1.54) is 31.4 Å². The van der Waals surface area contributed by atoms with Crippen LogP contribution in [-0.4, -0.2) is 10.7 Å². The molecule has 0 amide bonds. The van der Waals surface area contributed by atoms with Crippen molar-refractivity contribution in [2.24, 2.45) is 18.4 Å². The summed E-state index contributed by atoms with van der Waals surface area (Å²) in [6.45, 7) is 7.14. The van der Waals surface area contributed by atoms with Crippen molar-refractivity contribution in [2.45, 2.75) is 58.2 Å². The van der Waals surface area contributed by atoms with Crippen LogP contribution in [0, 0.1) is 11.3 Å². The van der Waals surface area contributed by atoms with Crippen LogP contribution in [0.3, 0.4) is 0 Å². The first-order valence-electron chi connectivity index (χ1n) is 7.29. The minimum atomic E-state index is 0.0680. The van der Waals surface area contributed by atoms with Gasteiger partial charge < -0.3 is 9.30 Å². The van der Waals surface area contributed by atoms with Crippen LogP contribution < -0.4 is 0 Å². The molecule has 1 aromatic rings. The summed E-state index contributed by atoms with van der Waals surface area (Å²) in [6, 6.07) is 4.36. The molecule has 0 unspecified atom stereocenters. The number of hydrogen-bond donors (Lipinski definition) is 0. The highest BCUT2D eigenvalue weighted by atomic mass is 16.6. The quantitative estimate of drug-likeness (QED) is 0.742. The van der Waals surface area contributed by atoms with Crippen molar-refractivity contribution >= 4 is 0 Å². The number of aryl methyl sites for hydroxylation is 1. The zero-order valence-corrected chi connectivity index (χ0v) is 12.1. The number of fused-ring (bicyclic) bond motifs is 1. The lowest BCUT2D eigenvalue weighted by molar-refractivity contribution is 0.151. The molecule has 3 rings (SSSR count). The van der Waals surface area contributed by atoms with Crippen molar-refractivity contribution in [2.75, 3.05) is 0 Å². The van der Waals surface area contributed by atoms with E-state index in [0.717, 1.165) is 5.92 Å². The second kappa shape index (κ2) is 3.86. The van der Waals surface area contributed by atoms with Gasteiger partial charge in [-0.3, -0.25) is 0 Å². The summed E-state index contributed by atoms with van der Waals surface area (Å²) in [5.74, 6) is 0.823. The molecule has 2 nitrogen and oxygen atoms in total. The Morgan fingerprint density at radius 3 is 2.83 bits per heavy atom. The molecule has 1 aliphatic heterocycles. The van der Waals surface area contributed by atoms with E-state index in [1.54, 1.807) is 0 Å². The van der Waals surface area contributed by atoms with Gasteiger partial charge in [-0.2, -0.15) is 0 Å². The summed E-state index contributed by atoms with van der Waals surface area (Å²) in [7, 11) is 2.13. The molecule has 0 aromatic carbocycles. The SMILES string of the molecule is CCC(C)(C)[C@@H]1CC[C@]2(c3cccn3C)O[C@H]2C1. The van der Waals surface area contributed by atoms with Gasteiger partial charge in [0.1, 0.15) is 5.60 Å². The maximum absolute atomic E-state index is 6.14. The van der Waals surface area contributed by atoms with Gasteiger partial charge in [0.25, 0.3) is 0 Å². The van der Waals surface area contributed by atoms with Crippen LogP contribution in [0.15, 0.2) is 18.3 Å². The van der Waals surface area contributed by atoms with Gasteiger partial charge in [-0.25, -0.2) is 0 Å². The van der Waals surface area contributed by atoms with E-state index in [-0.39, 0.29) is 5.60 Å². The second-order valence-corrected chi connectivity index (χ2v) is 6.81. The molecule has 1 saturated carbocycles. The predicted molar refractivity (Wildman–Crippen MR) is 73.4 cm³/mol. The van der Waals surface area contributed by atoms with Crippen LogP contribution in [-0.2, 0) is 17.4 Å². The van der Waals surface area contributed by atoms with E-state index >= 15 is 0 Å². The van der Waals surface area contributed by atoms with Crippen molar-refractivity contribution in [1.29, 1.82) is 0 Å². The van der Waals surface area contributed by atoms with Crippen molar-refractivity contribution in [3.63, 3.8) is 0 Å². The highest BCUT2D eigenvalue weighted by Crippen LogP contribution is 2.59. The molecule has 1 aliphatic carbocycles. The molecule has 2 fully saturated rings. The van der Waals surface area contributed by atoms with E-state index < -0.39 is 0 Å². The van der Waals surface area contributed by atoms with Gasteiger partial charge in [0.2, 0.25) is 0 Å². The monoisotopic (exact) mass is 247 g/mol. The third-order valence-electron chi connectivity index (χ3n) is 5.57. The normalized spacial score (nSPS) is 35.3. The molecular formula is C16H25NO. The lowest BCUT2D eigenvalue weighted by atomic mass is 9.67. The Kier molecular flexibility index (Phi) is 2.64. The van der Waals surface area contributed by atoms with Crippen molar-refractivity contribution in [3.8, 4) is 0 Å². The van der Waals surface area contributed by atoms with Crippen LogP contribution in [0.5, 0.6) is 0 Å². The fourth-order valence-electron chi connectivity index (χ4n) is 3.70. The number of ether oxygens (including phenoxy) is 1. The van der Waals surface area contributed by atoms with Crippen molar-refractivity contribution in [3.05, 3.63) is 24.0 Å². The summed E-state index contributed by atoms with van der Waals surface area (Å²) in [5.41, 5.74) is 1.91. The van der Waals surface area contributed by atoms with E-state index in [0.29, 0.717) is 11.5 Å². The number of nitrogens with zero attached hydrogens (tertiary/aromatic N) is 1. The van der Waals surface area contributed by atoms with Crippen molar-refractivity contribution in [1.82, 2.24) is 4.57 Å². The zero-order chi connectivity index (χ0) is 13.0. The minimum absolute atomic E-state index is 0.0680. The van der Waals surface area contributed by atoms with Crippen LogP contribution in [0.4, 0.5) is 0 Å². The predicted octanol–water partition coefficient (Wildman–Crippen LogP) is 3.86. The Balaban J connectivity index is 1.76. The smallest absolute Gasteiger partial charge is 0.134 e. The maximum Gasteiger partial charge on any atom is 0.134 e. The summed E-state index contributed by atoms with van der Waals surface area (Å²) in [4.78, 5) is 0. The molecule has 2 aliphatic rings. The molecule has 18 heavy (non-hydrogen) atoms. The lowest BCUT2D eigenvalue weighted by Gasteiger charge is -2.36. The number of rotatable bonds is 3. The Hall–Kier alpha value is -0.760. The molecule has 0 bridgehead atoms. The van der Waals surface area contributed by atoms with Gasteiger partial charge >= 0.3 is 0 Å². The van der Waals surface area contributed by atoms with E-state index in [4.69, 9.17) is 4.74 Å². The summed E-state index contributed by atoms with van der Waals surface area (Å²) in [5, 5.41) is 0. The van der Waals surface area contributed by atoms with Gasteiger partial charge in [0, 0.05) is 13.2 Å². The first-order chi connectivity index (χ1) is 8.49.